The van der Waals surface area contributed by atoms with Gasteiger partial charge in [0.1, 0.15) is 33.9 Å². The van der Waals surface area contributed by atoms with E-state index in [1.54, 1.807) is 0 Å². The summed E-state index contributed by atoms with van der Waals surface area (Å²) in [5.74, 6) is 0.348. The van der Waals surface area contributed by atoms with Crippen LogP contribution in [-0.4, -0.2) is 32.7 Å². The SMILES string of the molecule is C.CC.CC.CCC(=O)c1ccc(C)cc1.CCc1ccc(C)cc1.Cc1cc[n+](C)cc1.Cc1cc[n+](C)cc1.Cc1ccc(-[n+]2ccccc2)cc1.Cc1ccc(C(=O)C[n+]2ccccc2)cc1.Cc1ccc([N+](C)(C)C)cc1.Cc1ccc[n+](C)c1.Cc1ccc[n+](C)c1. The first-order valence-corrected chi connectivity index (χ1v) is 33.6. The van der Waals surface area contributed by atoms with Crippen molar-refractivity contribution in [3.8, 4) is 5.69 Å². The quantitative estimate of drug-likeness (QED) is 0.0865. The highest BCUT2D eigenvalue weighted by Gasteiger charge is 2.12. The van der Waals surface area contributed by atoms with Gasteiger partial charge in [0.05, 0.1) is 21.1 Å². The van der Waals surface area contributed by atoms with Gasteiger partial charge in [0.15, 0.2) is 80.1 Å². The van der Waals surface area contributed by atoms with Crippen molar-refractivity contribution in [2.45, 2.75) is 131 Å². The molecule has 514 valence electrons. The number of nitrogens with zero attached hydrogens (tertiary/aromatic N) is 7. The zero-order chi connectivity index (χ0) is 71.8. The summed E-state index contributed by atoms with van der Waals surface area (Å²) in [4.78, 5) is 23.0. The molecule has 0 atom stereocenters. The number of carbonyl (C=O) groups excluding carboxylic acids is 2. The zero-order valence-corrected chi connectivity index (χ0v) is 62.6. The molecule has 11 aromatic rings. The van der Waals surface area contributed by atoms with Gasteiger partial charge in [-0.2, -0.15) is 9.13 Å². The van der Waals surface area contributed by atoms with Gasteiger partial charge in [-0.1, -0.05) is 186 Å². The molecule has 0 aliphatic carbocycles. The van der Waals surface area contributed by atoms with Crippen molar-refractivity contribution in [1.29, 1.82) is 0 Å². The minimum Gasteiger partial charge on any atom is -0.298 e. The number of carbonyl (C=O) groups is 2. The Morgan fingerprint density at radius 1 is 0.330 bits per heavy atom. The minimum atomic E-state index is 0. The van der Waals surface area contributed by atoms with Crippen LogP contribution in [0.2, 0.25) is 0 Å². The highest BCUT2D eigenvalue weighted by molar-refractivity contribution is 5.96. The molecule has 5 aromatic carbocycles. The highest BCUT2D eigenvalue weighted by Crippen LogP contribution is 2.16. The molecule has 0 aliphatic rings. The Labute approximate surface area is 588 Å². The fourth-order valence-corrected chi connectivity index (χ4v) is 8.21. The molecule has 0 fully saturated rings. The number of quaternary nitrogens is 1. The lowest BCUT2D eigenvalue weighted by Crippen LogP contribution is -2.36. The molecule has 0 saturated carbocycles. The molecule has 6 aromatic heterocycles. The summed E-state index contributed by atoms with van der Waals surface area (Å²) in [5.41, 5.74) is 17.1. The summed E-state index contributed by atoms with van der Waals surface area (Å²) >= 11 is 0. The topological polar surface area (TPSA) is 57.4 Å². The van der Waals surface area contributed by atoms with Gasteiger partial charge in [0, 0.05) is 101 Å². The van der Waals surface area contributed by atoms with E-state index in [1.165, 1.54) is 67.0 Å². The van der Waals surface area contributed by atoms with Crippen molar-refractivity contribution in [3.05, 3.63) is 347 Å². The van der Waals surface area contributed by atoms with Crippen LogP contribution in [0.3, 0.4) is 0 Å². The first kappa shape index (κ1) is 87.3. The standard InChI is InChI=1S/C14H14NO.C12H12N.C10H16N.C10H12O.C9H12.4C7H10N.2C2H6.CH4/c1-12-5-7-13(8-6-12)14(16)11-15-9-3-2-4-10-15;1-11-5-7-12(8-6-11)13-9-3-2-4-10-13;1-9-5-7-10(8-6-9)11(2,3)4;1-3-10(11)9-6-4-8(2)5-7-9;1-3-9-6-4-8(2)5-7-9;2*1-7-3-5-8(2)6-4-7;2*1-7-4-3-5-8(2)6-7;2*1-2;/h2-10H,11H2,1H3;2-10H,1H3;5-8H,1-4H3;4-7H,3H2,1-2H3;4-7H,3H2,1-2H3;4*3-6H,1-2H3;2*1-2H3;1H4/q3*+1;;;4*+1;;;. The number of Topliss-reactive ketones (excluding diaryl/α,β-unsaturated/α-hetero) is 2. The Morgan fingerprint density at radius 3 is 0.959 bits per heavy atom. The fraction of sp³-hybridized carbons (Fsp3) is 0.295. The van der Waals surface area contributed by atoms with Gasteiger partial charge in [0.25, 0.3) is 0 Å². The monoisotopic (exact) mass is 1310 g/mol. The Kier molecular flexibility index (Phi) is 45.6. The van der Waals surface area contributed by atoms with Crippen LogP contribution < -0.4 is 31.9 Å². The molecular formula is C88H122N7O2+7. The van der Waals surface area contributed by atoms with Crippen molar-refractivity contribution in [2.24, 2.45) is 28.2 Å². The average Bonchev–Trinajstić information content (AvgIpc) is 1.33. The number of pyridine rings is 6. The Balaban J connectivity index is 0.00000107. The number of hydrogen-bond acceptors (Lipinski definition) is 2. The lowest BCUT2D eigenvalue weighted by atomic mass is 10.1. The second-order valence-corrected chi connectivity index (χ2v) is 24.0. The van der Waals surface area contributed by atoms with Crippen molar-refractivity contribution in [1.82, 2.24) is 4.48 Å². The van der Waals surface area contributed by atoms with Crippen molar-refractivity contribution in [3.63, 3.8) is 0 Å². The first-order chi connectivity index (χ1) is 45.8. The number of hydrogen-bond donors (Lipinski definition) is 0. The predicted octanol–water partition coefficient (Wildman–Crippen LogP) is 17.7. The van der Waals surface area contributed by atoms with Crippen molar-refractivity contribution in [2.75, 3.05) is 21.1 Å². The smallest absolute Gasteiger partial charge is 0.227 e. The van der Waals surface area contributed by atoms with Crippen LogP contribution >= 0.6 is 0 Å². The number of aryl methyl sites for hydroxylation is 14. The normalized spacial score (nSPS) is 9.46. The number of aromatic nitrogens is 6. The summed E-state index contributed by atoms with van der Waals surface area (Å²) in [6.45, 7) is 31.1. The first-order valence-electron chi connectivity index (χ1n) is 33.6. The van der Waals surface area contributed by atoms with E-state index in [4.69, 9.17) is 0 Å². The van der Waals surface area contributed by atoms with Gasteiger partial charge in [-0.25, -0.2) is 18.3 Å². The maximum atomic E-state index is 11.9. The maximum absolute atomic E-state index is 11.9. The average molecular weight is 1310 g/mol. The zero-order valence-electron chi connectivity index (χ0n) is 62.6. The molecule has 0 aliphatic heterocycles. The summed E-state index contributed by atoms with van der Waals surface area (Å²) in [6, 6.07) is 69.6. The Hall–Kier alpha value is -9.70. The van der Waals surface area contributed by atoms with E-state index in [0.29, 0.717) is 13.0 Å². The molecule has 0 bridgehead atoms. The molecule has 97 heavy (non-hydrogen) atoms. The van der Waals surface area contributed by atoms with E-state index in [0.717, 1.165) is 22.0 Å². The minimum absolute atomic E-state index is 0. The third-order valence-electron chi connectivity index (χ3n) is 14.0. The van der Waals surface area contributed by atoms with Crippen LogP contribution in [0, 0.1) is 62.3 Å². The second-order valence-electron chi connectivity index (χ2n) is 24.0. The van der Waals surface area contributed by atoms with Crippen molar-refractivity contribution < 1.29 is 37.0 Å². The van der Waals surface area contributed by atoms with Crippen LogP contribution in [-0.2, 0) is 41.2 Å². The van der Waals surface area contributed by atoms with Gasteiger partial charge in [0.2, 0.25) is 18.0 Å². The van der Waals surface area contributed by atoms with Crippen LogP contribution in [0.25, 0.3) is 5.69 Å². The second kappa shape index (κ2) is 50.7. The van der Waals surface area contributed by atoms with E-state index in [9.17, 15) is 9.59 Å². The van der Waals surface area contributed by atoms with Crippen LogP contribution in [0.4, 0.5) is 5.69 Å². The van der Waals surface area contributed by atoms with Crippen molar-refractivity contribution >= 4 is 17.3 Å². The van der Waals surface area contributed by atoms with Gasteiger partial charge in [-0.3, -0.25) is 14.1 Å². The summed E-state index contributed by atoms with van der Waals surface area (Å²) < 4.78 is 13.0. The molecule has 0 radical (unpaired) electrons. The van der Waals surface area contributed by atoms with E-state index in [-0.39, 0.29) is 19.0 Å². The number of benzene rings is 5. The van der Waals surface area contributed by atoms with E-state index in [1.807, 2.05) is 259 Å². The molecule has 9 heteroatoms. The molecule has 6 heterocycles. The fourth-order valence-electron chi connectivity index (χ4n) is 8.21. The Morgan fingerprint density at radius 2 is 0.649 bits per heavy atom. The molecule has 0 spiro atoms. The van der Waals surface area contributed by atoms with Gasteiger partial charge < -0.3 is 0 Å². The molecule has 0 amide bonds. The predicted molar refractivity (Wildman–Crippen MR) is 411 cm³/mol. The number of rotatable bonds is 8. The number of ketones is 2. The Bertz CT molecular complexity index is 3610. The molecule has 0 saturated heterocycles. The van der Waals surface area contributed by atoms with Crippen LogP contribution in [0.5, 0.6) is 0 Å². The summed E-state index contributed by atoms with van der Waals surface area (Å²) in [7, 11) is 14.6. The van der Waals surface area contributed by atoms with E-state index >= 15 is 0 Å². The van der Waals surface area contributed by atoms with Crippen LogP contribution in [0.15, 0.2) is 281 Å². The molecule has 9 nitrogen and oxygen atoms in total. The van der Waals surface area contributed by atoms with Gasteiger partial charge in [-0.15, -0.1) is 0 Å². The summed E-state index contributed by atoms with van der Waals surface area (Å²) in [5, 5.41) is 0. The highest BCUT2D eigenvalue weighted by atomic mass is 16.1. The van der Waals surface area contributed by atoms with E-state index in [2.05, 4.69) is 203 Å². The lowest BCUT2D eigenvalue weighted by Gasteiger charge is -2.23. The third kappa shape index (κ3) is 41.0. The van der Waals surface area contributed by atoms with Gasteiger partial charge >= 0.3 is 0 Å². The molecule has 0 N–H and O–H groups in total. The lowest BCUT2D eigenvalue weighted by molar-refractivity contribution is -0.683. The maximum Gasteiger partial charge on any atom is 0.227 e. The van der Waals surface area contributed by atoms with Gasteiger partial charge in [-0.05, 0) is 110 Å². The largest absolute Gasteiger partial charge is 0.298 e. The molecule has 11 rings (SSSR count). The third-order valence-corrected chi connectivity index (χ3v) is 14.0. The summed E-state index contributed by atoms with van der Waals surface area (Å²) in [6.07, 6.45) is 26.0. The molecule has 0 unspecified atom stereocenters. The van der Waals surface area contributed by atoms with E-state index < -0.39 is 0 Å². The van der Waals surface area contributed by atoms with Crippen LogP contribution in [0.1, 0.15) is 132 Å². The molecular weight excluding hydrogens is 1190 g/mol.